The van der Waals surface area contributed by atoms with Crippen molar-refractivity contribution in [3.63, 3.8) is 0 Å². The zero-order valence-electron chi connectivity index (χ0n) is 26.6. The second kappa shape index (κ2) is 10.8. The van der Waals surface area contributed by atoms with Crippen LogP contribution in [0.5, 0.6) is 5.75 Å². The van der Waals surface area contributed by atoms with E-state index in [4.69, 9.17) is 14.9 Å². The predicted molar refractivity (Wildman–Crippen MR) is 204 cm³/mol. The van der Waals surface area contributed by atoms with Gasteiger partial charge in [0.25, 0.3) is 0 Å². The van der Waals surface area contributed by atoms with Gasteiger partial charge in [0.05, 0.1) is 22.1 Å². The summed E-state index contributed by atoms with van der Waals surface area (Å²) in [5, 5.41) is 9.26. The number of ether oxygens (including phenoxy) is 1. The second-order valence-corrected chi connectivity index (χ2v) is 12.7. The van der Waals surface area contributed by atoms with Crippen molar-refractivity contribution in [2.24, 2.45) is 0 Å². The number of nitrogens with zero attached hydrogens (tertiary/aromatic N) is 1. The number of benzene rings is 8. The summed E-state index contributed by atoms with van der Waals surface area (Å²) in [6.45, 7) is 0.376. The summed E-state index contributed by atoms with van der Waals surface area (Å²) in [4.78, 5) is 0. The second-order valence-electron chi connectivity index (χ2n) is 12.7. The lowest BCUT2D eigenvalue weighted by molar-refractivity contribution is 0.308. The Labute approximate surface area is 282 Å². The van der Waals surface area contributed by atoms with E-state index in [1.54, 1.807) is 0 Å². The van der Waals surface area contributed by atoms with Crippen LogP contribution in [-0.2, 0) is 6.61 Å². The third-order valence-electron chi connectivity index (χ3n) is 9.86. The number of nitrogen functional groups attached to an aromatic ring is 1. The fourth-order valence-corrected chi connectivity index (χ4v) is 7.51. The molecule has 0 aliphatic heterocycles. The van der Waals surface area contributed by atoms with Crippen LogP contribution in [-0.4, -0.2) is 4.57 Å². The largest absolute Gasteiger partial charge is 0.487 e. The van der Waals surface area contributed by atoms with Crippen LogP contribution in [0.1, 0.15) is 5.56 Å². The van der Waals surface area contributed by atoms with Crippen molar-refractivity contribution in [3.8, 4) is 22.6 Å². The topological polar surface area (TPSA) is 53.3 Å². The first-order chi connectivity index (χ1) is 24.2. The van der Waals surface area contributed by atoms with Gasteiger partial charge in [-0.15, -0.1) is 0 Å². The third kappa shape index (κ3) is 4.31. The number of anilines is 1. The molecule has 0 saturated heterocycles. The van der Waals surface area contributed by atoms with Crippen molar-refractivity contribution in [1.29, 1.82) is 0 Å². The molecule has 0 saturated carbocycles. The molecule has 4 nitrogen and oxygen atoms in total. The molecule has 232 valence electrons. The van der Waals surface area contributed by atoms with Crippen molar-refractivity contribution in [2.75, 3.05) is 5.73 Å². The van der Waals surface area contributed by atoms with Gasteiger partial charge in [-0.05, 0) is 75.1 Å². The number of furan rings is 1. The fraction of sp³-hybridized carbons (Fsp3) is 0.0222. The van der Waals surface area contributed by atoms with Crippen molar-refractivity contribution in [3.05, 3.63) is 163 Å². The van der Waals surface area contributed by atoms with Crippen molar-refractivity contribution in [2.45, 2.75) is 6.61 Å². The highest BCUT2D eigenvalue weighted by Gasteiger charge is 2.20. The lowest BCUT2D eigenvalue weighted by Crippen LogP contribution is -2.01. The summed E-state index contributed by atoms with van der Waals surface area (Å²) in [6, 6.07) is 55.3. The van der Waals surface area contributed by atoms with E-state index in [2.05, 4.69) is 138 Å². The number of para-hydroxylation sites is 2. The monoisotopic (exact) mass is 630 g/mol. The number of rotatable bonds is 5. The molecule has 49 heavy (non-hydrogen) atoms. The smallest absolute Gasteiger partial charge is 0.145 e. The zero-order chi connectivity index (χ0) is 32.5. The SMILES string of the molecule is Nc1c(OCc2ccc(-n3c4ccccc4c4c5ccccc5ccc43)cc2)cc(-c2ccc3ccccc3c2)c2oc3ccccc3c12. The number of aromatic nitrogens is 1. The first-order valence-electron chi connectivity index (χ1n) is 16.6. The number of nitrogens with two attached hydrogens (primary N) is 1. The summed E-state index contributed by atoms with van der Waals surface area (Å²) in [7, 11) is 0. The van der Waals surface area contributed by atoms with Crippen molar-refractivity contribution >= 4 is 71.0 Å². The molecule has 0 bridgehead atoms. The highest BCUT2D eigenvalue weighted by Crippen LogP contribution is 2.44. The van der Waals surface area contributed by atoms with Crippen molar-refractivity contribution in [1.82, 2.24) is 4.57 Å². The third-order valence-corrected chi connectivity index (χ3v) is 9.86. The molecule has 0 radical (unpaired) electrons. The molecular formula is C45H30N2O2. The maximum atomic E-state index is 6.88. The summed E-state index contributed by atoms with van der Waals surface area (Å²) in [5.74, 6) is 0.639. The van der Waals surface area contributed by atoms with Gasteiger partial charge in [0, 0.05) is 27.4 Å². The van der Waals surface area contributed by atoms with Gasteiger partial charge in [-0.3, -0.25) is 0 Å². The Bertz CT molecular complexity index is 2900. The minimum atomic E-state index is 0.376. The van der Waals surface area contributed by atoms with Gasteiger partial charge in [0.15, 0.2) is 0 Å². The Morgan fingerprint density at radius 3 is 2.10 bits per heavy atom. The lowest BCUT2D eigenvalue weighted by Gasteiger charge is -2.14. The molecule has 0 atom stereocenters. The standard InChI is InChI=1S/C45H30N2O2/c46-44-41(26-37(32-20-19-29-9-1-2-11-31(29)25-32)45-43(44)36-14-6-8-16-40(36)49-45)48-27-28-17-22-33(23-18-28)47-38-15-7-5-13-35(38)42-34-12-4-3-10-30(34)21-24-39(42)47/h1-26H,27,46H2. The minimum Gasteiger partial charge on any atom is -0.487 e. The van der Waals surface area contributed by atoms with Crippen LogP contribution in [0.2, 0.25) is 0 Å². The quantitative estimate of drug-likeness (QED) is 0.193. The van der Waals surface area contributed by atoms with Crippen LogP contribution in [0, 0.1) is 0 Å². The fourth-order valence-electron chi connectivity index (χ4n) is 7.51. The van der Waals surface area contributed by atoms with Gasteiger partial charge in [-0.25, -0.2) is 0 Å². The zero-order valence-corrected chi connectivity index (χ0v) is 26.6. The van der Waals surface area contributed by atoms with Crippen LogP contribution in [0.3, 0.4) is 0 Å². The van der Waals surface area contributed by atoms with Gasteiger partial charge in [0.2, 0.25) is 0 Å². The molecular weight excluding hydrogens is 601 g/mol. The van der Waals surface area contributed by atoms with E-state index in [1.807, 2.05) is 24.3 Å². The molecule has 0 aliphatic carbocycles. The molecule has 0 spiro atoms. The molecule has 10 aromatic rings. The van der Waals surface area contributed by atoms with Crippen LogP contribution < -0.4 is 10.5 Å². The van der Waals surface area contributed by atoms with Gasteiger partial charge in [-0.1, -0.05) is 115 Å². The van der Waals surface area contributed by atoms with Crippen LogP contribution >= 0.6 is 0 Å². The number of hydrogen-bond donors (Lipinski definition) is 1. The highest BCUT2D eigenvalue weighted by molar-refractivity contribution is 6.21. The van der Waals surface area contributed by atoms with Crippen molar-refractivity contribution < 1.29 is 9.15 Å². The summed E-state index contributed by atoms with van der Waals surface area (Å²) in [6.07, 6.45) is 0. The van der Waals surface area contributed by atoms with E-state index < -0.39 is 0 Å². The molecule has 2 aromatic heterocycles. The Morgan fingerprint density at radius 1 is 0.551 bits per heavy atom. The Morgan fingerprint density at radius 2 is 1.24 bits per heavy atom. The van der Waals surface area contributed by atoms with Crippen LogP contribution in [0.15, 0.2) is 162 Å². The average molecular weight is 631 g/mol. The summed E-state index contributed by atoms with van der Waals surface area (Å²) in [5.41, 5.74) is 15.6. The van der Waals surface area contributed by atoms with Crippen LogP contribution in [0.4, 0.5) is 5.69 Å². The van der Waals surface area contributed by atoms with E-state index in [-0.39, 0.29) is 0 Å². The van der Waals surface area contributed by atoms with Gasteiger partial charge in [-0.2, -0.15) is 0 Å². The Kier molecular flexibility index (Phi) is 6.06. The normalized spacial score (nSPS) is 11.8. The van der Waals surface area contributed by atoms with E-state index in [1.165, 1.54) is 43.4 Å². The predicted octanol–water partition coefficient (Wildman–Crippen LogP) is 11.8. The lowest BCUT2D eigenvalue weighted by atomic mass is 9.98. The molecule has 0 amide bonds. The number of hydrogen-bond acceptors (Lipinski definition) is 3. The Balaban J connectivity index is 1.04. The van der Waals surface area contributed by atoms with E-state index in [0.717, 1.165) is 44.3 Å². The molecule has 10 rings (SSSR count). The van der Waals surface area contributed by atoms with Gasteiger partial charge < -0.3 is 19.5 Å². The van der Waals surface area contributed by atoms with E-state index in [0.29, 0.717) is 18.0 Å². The minimum absolute atomic E-state index is 0.376. The molecule has 0 aliphatic rings. The maximum Gasteiger partial charge on any atom is 0.145 e. The van der Waals surface area contributed by atoms with E-state index in [9.17, 15) is 0 Å². The first kappa shape index (κ1) is 27.6. The number of fused-ring (bicyclic) bond motifs is 9. The molecule has 0 unspecified atom stereocenters. The summed E-state index contributed by atoms with van der Waals surface area (Å²) >= 11 is 0. The summed E-state index contributed by atoms with van der Waals surface area (Å²) < 4.78 is 15.3. The average Bonchev–Trinajstić information content (AvgIpc) is 3.72. The molecule has 2 heterocycles. The Hall–Kier alpha value is -6.52. The first-order valence-corrected chi connectivity index (χ1v) is 16.6. The van der Waals surface area contributed by atoms with E-state index >= 15 is 0 Å². The van der Waals surface area contributed by atoms with Gasteiger partial charge in [0.1, 0.15) is 23.5 Å². The van der Waals surface area contributed by atoms with Gasteiger partial charge >= 0.3 is 0 Å². The molecule has 0 fully saturated rings. The molecule has 8 aromatic carbocycles. The highest BCUT2D eigenvalue weighted by atomic mass is 16.5. The molecule has 4 heteroatoms. The molecule has 2 N–H and O–H groups in total. The van der Waals surface area contributed by atoms with Crippen LogP contribution in [0.25, 0.3) is 82.1 Å². The maximum absolute atomic E-state index is 6.88.